The minimum absolute atomic E-state index is 0.0618. The minimum Gasteiger partial charge on any atom is -0.397 e. The van der Waals surface area contributed by atoms with Crippen molar-refractivity contribution in [2.45, 2.75) is 0 Å². The van der Waals surface area contributed by atoms with E-state index < -0.39 is 4.92 Å². The van der Waals surface area contributed by atoms with Gasteiger partial charge in [0.25, 0.3) is 5.69 Å². The van der Waals surface area contributed by atoms with Crippen molar-refractivity contribution >= 4 is 17.6 Å². The summed E-state index contributed by atoms with van der Waals surface area (Å²) in [7, 11) is 0. The molecule has 0 spiro atoms. The molecule has 1 aromatic carbocycles. The average molecular weight is 206 g/mol. The lowest BCUT2D eigenvalue weighted by Crippen LogP contribution is -2.09. The van der Waals surface area contributed by atoms with E-state index in [1.54, 1.807) is 6.07 Å². The maximum absolute atomic E-state index is 10.5. The smallest absolute Gasteiger partial charge is 0.270 e. The second-order valence-electron chi connectivity index (χ2n) is 2.82. The fraction of sp³-hybridized carbons (Fsp3) is 0. The Kier molecular flexibility index (Phi) is 3.02. The van der Waals surface area contributed by atoms with E-state index in [9.17, 15) is 10.1 Å². The van der Waals surface area contributed by atoms with Crippen molar-refractivity contribution < 1.29 is 4.92 Å². The molecule has 0 fully saturated rings. The molecule has 5 N–H and O–H groups in total. The van der Waals surface area contributed by atoms with E-state index in [4.69, 9.17) is 16.9 Å². The summed E-state index contributed by atoms with van der Waals surface area (Å²) < 4.78 is 0. The van der Waals surface area contributed by atoms with E-state index in [0.717, 1.165) is 6.21 Å². The van der Waals surface area contributed by atoms with Gasteiger partial charge in [-0.3, -0.25) is 10.1 Å². The Balaban J connectivity index is 3.22. The Bertz CT molecular complexity index is 439. The van der Waals surface area contributed by atoms with Crippen LogP contribution >= 0.6 is 0 Å². The molecule has 0 aliphatic carbocycles. The van der Waals surface area contributed by atoms with Crippen molar-refractivity contribution in [1.29, 1.82) is 5.41 Å². The van der Waals surface area contributed by atoms with Crippen molar-refractivity contribution in [2.75, 3.05) is 0 Å². The molecule has 1 aromatic rings. The van der Waals surface area contributed by atoms with Gasteiger partial charge in [0.1, 0.15) is 0 Å². The first-order valence-electron chi connectivity index (χ1n) is 4.06. The van der Waals surface area contributed by atoms with Gasteiger partial charge in [-0.2, -0.15) is 0 Å². The number of hydrogen-bond donors (Lipinski definition) is 3. The van der Waals surface area contributed by atoms with Gasteiger partial charge in [-0.1, -0.05) is 12.1 Å². The highest BCUT2D eigenvalue weighted by Crippen LogP contribution is 2.17. The molecule has 0 heterocycles. The SMILES string of the molecule is N=CC(N)=C(N)c1cccc([N+](=O)[O-])c1. The number of benzene rings is 1. The van der Waals surface area contributed by atoms with Crippen LogP contribution < -0.4 is 11.5 Å². The fourth-order valence-corrected chi connectivity index (χ4v) is 1.03. The van der Waals surface area contributed by atoms with Crippen LogP contribution in [0.1, 0.15) is 5.56 Å². The van der Waals surface area contributed by atoms with Crippen LogP contribution in [0.4, 0.5) is 5.69 Å². The summed E-state index contributed by atoms with van der Waals surface area (Å²) in [6, 6.07) is 5.78. The van der Waals surface area contributed by atoms with Crippen molar-refractivity contribution in [1.82, 2.24) is 0 Å². The molecule has 0 unspecified atom stereocenters. The first-order chi connectivity index (χ1) is 7.06. The van der Waals surface area contributed by atoms with E-state index in [1.807, 2.05) is 0 Å². The summed E-state index contributed by atoms with van der Waals surface area (Å²) in [6.45, 7) is 0. The number of nitrogens with one attached hydrogen (secondary N) is 1. The fourth-order valence-electron chi connectivity index (χ4n) is 1.03. The van der Waals surface area contributed by atoms with Crippen LogP contribution in [-0.2, 0) is 0 Å². The van der Waals surface area contributed by atoms with E-state index >= 15 is 0 Å². The van der Waals surface area contributed by atoms with Crippen LogP contribution in [0.25, 0.3) is 5.70 Å². The predicted molar refractivity (Wildman–Crippen MR) is 57.2 cm³/mol. The van der Waals surface area contributed by atoms with Crippen molar-refractivity contribution in [3.05, 3.63) is 45.6 Å². The number of non-ortho nitro benzene ring substituents is 1. The number of nitrogens with two attached hydrogens (primary N) is 2. The third-order valence-electron chi connectivity index (χ3n) is 1.83. The van der Waals surface area contributed by atoms with Crippen molar-refractivity contribution in [2.24, 2.45) is 11.5 Å². The molecule has 0 bridgehead atoms. The molecular formula is C9H10N4O2. The topological polar surface area (TPSA) is 119 Å². The molecule has 0 atom stereocenters. The lowest BCUT2D eigenvalue weighted by molar-refractivity contribution is -0.384. The molecule has 0 aromatic heterocycles. The highest BCUT2D eigenvalue weighted by atomic mass is 16.6. The molecule has 0 aliphatic heterocycles. The Morgan fingerprint density at radius 3 is 2.67 bits per heavy atom. The highest BCUT2D eigenvalue weighted by molar-refractivity contribution is 5.87. The molecule has 0 saturated carbocycles. The van der Waals surface area contributed by atoms with Gasteiger partial charge in [0.05, 0.1) is 16.3 Å². The summed E-state index contributed by atoms with van der Waals surface area (Å²) in [4.78, 5) is 9.97. The van der Waals surface area contributed by atoms with Crippen LogP contribution in [0.15, 0.2) is 30.0 Å². The van der Waals surface area contributed by atoms with Gasteiger partial charge in [0, 0.05) is 23.9 Å². The van der Waals surface area contributed by atoms with Crippen molar-refractivity contribution in [3.8, 4) is 0 Å². The molecule has 6 nitrogen and oxygen atoms in total. The van der Waals surface area contributed by atoms with E-state index in [1.165, 1.54) is 18.2 Å². The molecule has 1 rings (SSSR count). The standard InChI is InChI=1S/C9H10N4O2/c10-5-8(11)9(12)6-2-1-3-7(4-6)13(14)15/h1-5,10H,11-12H2. The maximum Gasteiger partial charge on any atom is 0.270 e. The number of nitrogens with zero attached hydrogens (tertiary/aromatic N) is 1. The monoisotopic (exact) mass is 206 g/mol. The van der Waals surface area contributed by atoms with E-state index in [0.29, 0.717) is 5.56 Å². The number of nitro groups is 1. The number of allylic oxidation sites excluding steroid dienone is 1. The first-order valence-corrected chi connectivity index (χ1v) is 4.06. The molecule has 0 aliphatic rings. The second kappa shape index (κ2) is 4.23. The first kappa shape index (κ1) is 10.7. The van der Waals surface area contributed by atoms with Crippen LogP contribution in [0.5, 0.6) is 0 Å². The lowest BCUT2D eigenvalue weighted by atomic mass is 10.1. The summed E-state index contributed by atoms with van der Waals surface area (Å²) >= 11 is 0. The summed E-state index contributed by atoms with van der Waals surface area (Å²) in [6.07, 6.45) is 0.897. The van der Waals surface area contributed by atoms with Crippen LogP contribution in [-0.4, -0.2) is 11.1 Å². The zero-order valence-corrected chi connectivity index (χ0v) is 7.81. The predicted octanol–water partition coefficient (Wildman–Crippen LogP) is 0.830. The zero-order chi connectivity index (χ0) is 11.4. The molecule has 78 valence electrons. The highest BCUT2D eigenvalue weighted by Gasteiger charge is 2.08. The molecular weight excluding hydrogens is 196 g/mol. The van der Waals surface area contributed by atoms with Gasteiger partial charge in [-0.05, 0) is 0 Å². The quantitative estimate of drug-likeness (QED) is 0.385. The van der Waals surface area contributed by atoms with Crippen LogP contribution in [0.2, 0.25) is 0 Å². The normalized spacial score (nSPS) is 11.7. The third-order valence-corrected chi connectivity index (χ3v) is 1.83. The second-order valence-corrected chi connectivity index (χ2v) is 2.82. The average Bonchev–Trinajstić information content (AvgIpc) is 2.27. The Morgan fingerprint density at radius 2 is 2.13 bits per heavy atom. The largest absolute Gasteiger partial charge is 0.397 e. The number of nitro benzene ring substituents is 1. The van der Waals surface area contributed by atoms with Gasteiger partial charge in [0.2, 0.25) is 0 Å². The summed E-state index contributed by atoms with van der Waals surface area (Å²) in [5.41, 5.74) is 11.6. The Morgan fingerprint density at radius 1 is 1.47 bits per heavy atom. The maximum atomic E-state index is 10.5. The summed E-state index contributed by atoms with van der Waals surface area (Å²) in [5.74, 6) is 0. The molecule has 15 heavy (non-hydrogen) atoms. The van der Waals surface area contributed by atoms with Gasteiger partial charge < -0.3 is 16.9 Å². The van der Waals surface area contributed by atoms with E-state index in [2.05, 4.69) is 0 Å². The van der Waals surface area contributed by atoms with Crippen LogP contribution in [0, 0.1) is 15.5 Å². The lowest BCUT2D eigenvalue weighted by Gasteiger charge is -2.03. The van der Waals surface area contributed by atoms with E-state index in [-0.39, 0.29) is 17.1 Å². The third kappa shape index (κ3) is 2.31. The number of hydrogen-bond acceptors (Lipinski definition) is 5. The molecule has 6 heteroatoms. The Labute approximate surface area is 85.9 Å². The van der Waals surface area contributed by atoms with Gasteiger partial charge >= 0.3 is 0 Å². The van der Waals surface area contributed by atoms with Gasteiger partial charge in [0.15, 0.2) is 0 Å². The van der Waals surface area contributed by atoms with Crippen LogP contribution in [0.3, 0.4) is 0 Å². The number of rotatable bonds is 3. The minimum atomic E-state index is -0.516. The summed E-state index contributed by atoms with van der Waals surface area (Å²) in [5, 5.41) is 17.4. The van der Waals surface area contributed by atoms with Gasteiger partial charge in [-0.15, -0.1) is 0 Å². The van der Waals surface area contributed by atoms with Crippen molar-refractivity contribution in [3.63, 3.8) is 0 Å². The van der Waals surface area contributed by atoms with Gasteiger partial charge in [-0.25, -0.2) is 0 Å². The molecule has 0 saturated heterocycles. The molecule has 0 radical (unpaired) electrons. The Hall–Kier alpha value is -2.37. The zero-order valence-electron chi connectivity index (χ0n) is 7.81. The molecule has 0 amide bonds.